The van der Waals surface area contributed by atoms with E-state index in [4.69, 9.17) is 23.2 Å². The highest BCUT2D eigenvalue weighted by molar-refractivity contribution is 6.36. The summed E-state index contributed by atoms with van der Waals surface area (Å²) in [6, 6.07) is 12.4. The third kappa shape index (κ3) is 3.09. The van der Waals surface area contributed by atoms with E-state index in [-0.39, 0.29) is 18.4 Å². The summed E-state index contributed by atoms with van der Waals surface area (Å²) < 4.78 is 0. The molecule has 5 rings (SSSR count). The topological polar surface area (TPSA) is 68.8 Å². The molecule has 1 fully saturated rings. The summed E-state index contributed by atoms with van der Waals surface area (Å²) >= 11 is 12.1. The van der Waals surface area contributed by atoms with Gasteiger partial charge in [0.1, 0.15) is 12.6 Å². The van der Waals surface area contributed by atoms with Gasteiger partial charge in [0.15, 0.2) is 0 Å². The molecule has 8 heteroatoms. The fourth-order valence-electron chi connectivity index (χ4n) is 4.00. The molecule has 2 aliphatic heterocycles. The minimum atomic E-state index is -0.555. The van der Waals surface area contributed by atoms with E-state index in [1.54, 1.807) is 23.1 Å². The molecule has 1 atom stereocenters. The van der Waals surface area contributed by atoms with Gasteiger partial charge in [-0.1, -0.05) is 47.5 Å². The van der Waals surface area contributed by atoms with Crippen molar-refractivity contribution in [1.29, 1.82) is 0 Å². The predicted molar refractivity (Wildman–Crippen MR) is 112 cm³/mol. The molecule has 146 valence electrons. The molecular formula is C21H16Cl2N4O2. The van der Waals surface area contributed by atoms with Gasteiger partial charge in [-0.3, -0.25) is 9.59 Å². The van der Waals surface area contributed by atoms with Crippen molar-refractivity contribution in [3.8, 4) is 0 Å². The summed E-state index contributed by atoms with van der Waals surface area (Å²) in [4.78, 5) is 30.8. The summed E-state index contributed by atoms with van der Waals surface area (Å²) in [7, 11) is 0. The number of benzene rings is 2. The molecular weight excluding hydrogens is 411 g/mol. The zero-order valence-corrected chi connectivity index (χ0v) is 16.7. The van der Waals surface area contributed by atoms with E-state index >= 15 is 0 Å². The van der Waals surface area contributed by atoms with Gasteiger partial charge in [-0.25, -0.2) is 5.01 Å². The van der Waals surface area contributed by atoms with Crippen LogP contribution < -0.4 is 0 Å². The quantitative estimate of drug-likeness (QED) is 0.635. The fourth-order valence-corrected chi connectivity index (χ4v) is 4.45. The number of hydrazone groups is 1. The smallest absolute Gasteiger partial charge is 0.266 e. The lowest BCUT2D eigenvalue weighted by Crippen LogP contribution is -2.60. The largest absolute Gasteiger partial charge is 0.357 e. The lowest BCUT2D eigenvalue weighted by molar-refractivity contribution is -0.157. The van der Waals surface area contributed by atoms with Crippen LogP contribution in [0.25, 0.3) is 10.9 Å². The number of nitrogens with zero attached hydrogens (tertiary/aromatic N) is 3. The Kier molecular flexibility index (Phi) is 4.33. The number of carbonyl (C=O) groups is 2. The Bertz CT molecular complexity index is 1190. The van der Waals surface area contributed by atoms with Gasteiger partial charge >= 0.3 is 0 Å². The fraction of sp³-hybridized carbons (Fsp3) is 0.190. The average molecular weight is 427 g/mol. The zero-order chi connectivity index (χ0) is 20.1. The van der Waals surface area contributed by atoms with Gasteiger partial charge in [0, 0.05) is 33.6 Å². The number of amides is 2. The lowest BCUT2D eigenvalue weighted by Gasteiger charge is -2.40. The Morgan fingerprint density at radius 3 is 2.76 bits per heavy atom. The van der Waals surface area contributed by atoms with Crippen molar-refractivity contribution in [2.75, 3.05) is 6.54 Å². The number of aromatic amines is 1. The highest BCUT2D eigenvalue weighted by atomic mass is 35.5. The van der Waals surface area contributed by atoms with Gasteiger partial charge in [0.05, 0.1) is 17.8 Å². The third-order valence-electron chi connectivity index (χ3n) is 5.45. The molecule has 2 amide bonds. The maximum absolute atomic E-state index is 13.1. The second-order valence-corrected chi connectivity index (χ2v) is 8.02. The van der Waals surface area contributed by atoms with Gasteiger partial charge in [-0.15, -0.1) is 0 Å². The highest BCUT2D eigenvalue weighted by Gasteiger charge is 2.43. The summed E-state index contributed by atoms with van der Waals surface area (Å²) in [6.45, 7) is 0.312. The normalized spacial score (nSPS) is 19.2. The molecule has 2 aliphatic rings. The van der Waals surface area contributed by atoms with Crippen molar-refractivity contribution in [3.63, 3.8) is 0 Å². The first-order valence-corrected chi connectivity index (χ1v) is 9.95. The van der Waals surface area contributed by atoms with Crippen LogP contribution in [0.2, 0.25) is 10.0 Å². The maximum Gasteiger partial charge on any atom is 0.266 e. The highest BCUT2D eigenvalue weighted by Crippen LogP contribution is 2.32. The number of para-hydroxylation sites is 1. The van der Waals surface area contributed by atoms with E-state index in [0.717, 1.165) is 22.2 Å². The first-order chi connectivity index (χ1) is 14.0. The second kappa shape index (κ2) is 6.90. The Morgan fingerprint density at radius 1 is 1.10 bits per heavy atom. The molecule has 3 aromatic rings. The van der Waals surface area contributed by atoms with Crippen molar-refractivity contribution < 1.29 is 9.59 Å². The number of aromatic nitrogens is 1. The Morgan fingerprint density at radius 2 is 1.93 bits per heavy atom. The van der Waals surface area contributed by atoms with Gasteiger partial charge < -0.3 is 9.88 Å². The van der Waals surface area contributed by atoms with Crippen LogP contribution in [0, 0.1) is 0 Å². The van der Waals surface area contributed by atoms with Gasteiger partial charge in [-0.05, 0) is 23.8 Å². The lowest BCUT2D eigenvalue weighted by atomic mass is 9.94. The molecule has 1 saturated heterocycles. The zero-order valence-electron chi connectivity index (χ0n) is 15.2. The summed E-state index contributed by atoms with van der Waals surface area (Å²) in [5, 5.41) is 7.52. The second-order valence-electron chi connectivity index (χ2n) is 7.18. The molecule has 0 unspecified atom stereocenters. The van der Waals surface area contributed by atoms with Gasteiger partial charge in [0.2, 0.25) is 5.91 Å². The van der Waals surface area contributed by atoms with Crippen molar-refractivity contribution in [2.24, 2.45) is 5.10 Å². The molecule has 0 bridgehead atoms. The SMILES string of the molecule is O=C1[C@H]2Cc3c([nH]c4ccccc34)CN2C(=O)CN1/N=C/c1ccc(Cl)cc1Cl. The molecule has 3 heterocycles. The number of halogens is 2. The van der Waals surface area contributed by atoms with Crippen LogP contribution in [0.3, 0.4) is 0 Å². The van der Waals surface area contributed by atoms with E-state index in [1.165, 1.54) is 11.2 Å². The molecule has 0 saturated carbocycles. The van der Waals surface area contributed by atoms with E-state index in [9.17, 15) is 9.59 Å². The van der Waals surface area contributed by atoms with E-state index < -0.39 is 6.04 Å². The number of rotatable bonds is 2. The van der Waals surface area contributed by atoms with Crippen LogP contribution in [0.5, 0.6) is 0 Å². The maximum atomic E-state index is 13.1. The number of H-pyrrole nitrogens is 1. The van der Waals surface area contributed by atoms with Crippen LogP contribution in [-0.2, 0) is 22.6 Å². The first kappa shape index (κ1) is 18.2. The Labute approximate surface area is 176 Å². The van der Waals surface area contributed by atoms with Crippen molar-refractivity contribution in [3.05, 3.63) is 69.3 Å². The van der Waals surface area contributed by atoms with Crippen LogP contribution in [-0.4, -0.2) is 45.5 Å². The van der Waals surface area contributed by atoms with Crippen LogP contribution in [0.1, 0.15) is 16.8 Å². The number of hydrogen-bond donors (Lipinski definition) is 1. The summed E-state index contributed by atoms with van der Waals surface area (Å²) in [5.74, 6) is -0.319. The number of carbonyl (C=O) groups excluding carboxylic acids is 2. The van der Waals surface area contributed by atoms with Crippen molar-refractivity contribution >= 4 is 52.1 Å². The molecule has 29 heavy (non-hydrogen) atoms. The molecule has 0 radical (unpaired) electrons. The minimum absolute atomic E-state index is 0.0907. The third-order valence-corrected chi connectivity index (χ3v) is 6.01. The van der Waals surface area contributed by atoms with Crippen LogP contribution >= 0.6 is 23.2 Å². The molecule has 1 aromatic heterocycles. The molecule has 0 spiro atoms. The monoisotopic (exact) mass is 426 g/mol. The van der Waals surface area contributed by atoms with E-state index in [2.05, 4.69) is 10.1 Å². The van der Waals surface area contributed by atoms with E-state index in [0.29, 0.717) is 28.6 Å². The standard InChI is InChI=1S/C21H16Cl2N4O2/c22-13-6-5-12(16(23)7-13)9-24-27-11-20(28)26-10-18-15(8-19(26)21(27)29)14-3-1-2-4-17(14)25-18/h1-7,9,19,25H,8,10-11H2/b24-9+/t19-/m1/s1. The van der Waals surface area contributed by atoms with Gasteiger partial charge in [0.25, 0.3) is 5.91 Å². The van der Waals surface area contributed by atoms with Crippen molar-refractivity contribution in [2.45, 2.75) is 19.0 Å². The number of fused-ring (bicyclic) bond motifs is 4. The van der Waals surface area contributed by atoms with Crippen LogP contribution in [0.15, 0.2) is 47.6 Å². The van der Waals surface area contributed by atoms with Crippen molar-refractivity contribution in [1.82, 2.24) is 14.9 Å². The molecule has 1 N–H and O–H groups in total. The summed E-state index contributed by atoms with van der Waals surface area (Å²) in [6.07, 6.45) is 1.96. The predicted octanol–water partition coefficient (Wildman–Crippen LogP) is 3.60. The number of hydrogen-bond acceptors (Lipinski definition) is 3. The molecule has 0 aliphatic carbocycles. The van der Waals surface area contributed by atoms with E-state index in [1.807, 2.05) is 24.3 Å². The van der Waals surface area contributed by atoms with Gasteiger partial charge in [-0.2, -0.15) is 5.10 Å². The molecule has 2 aromatic carbocycles. The number of piperazine rings is 1. The average Bonchev–Trinajstić information content (AvgIpc) is 3.07. The Balaban J connectivity index is 1.44. The van der Waals surface area contributed by atoms with Crippen LogP contribution in [0.4, 0.5) is 0 Å². The number of nitrogens with one attached hydrogen (secondary N) is 1. The first-order valence-electron chi connectivity index (χ1n) is 9.19. The Hall–Kier alpha value is -2.83. The summed E-state index contributed by atoms with van der Waals surface area (Å²) in [5.41, 5.74) is 3.73. The molecule has 6 nitrogen and oxygen atoms in total. The minimum Gasteiger partial charge on any atom is -0.357 e.